The number of hydrogen-bond donors (Lipinski definition) is 3. The van der Waals surface area contributed by atoms with Crippen LogP contribution in [0.1, 0.15) is 5.69 Å². The van der Waals surface area contributed by atoms with Crippen molar-refractivity contribution in [3.8, 4) is 0 Å². The highest BCUT2D eigenvalue weighted by Crippen LogP contribution is 2.07. The van der Waals surface area contributed by atoms with Gasteiger partial charge >= 0.3 is 0 Å². The second-order valence-electron chi connectivity index (χ2n) is 3.60. The Hall–Kier alpha value is -0.490. The van der Waals surface area contributed by atoms with Gasteiger partial charge in [0.15, 0.2) is 0 Å². The first kappa shape index (κ1) is 10.0. The summed E-state index contributed by atoms with van der Waals surface area (Å²) in [6.45, 7) is 3.28. The number of hydrogen-bond acceptors (Lipinski definition) is 5. The Morgan fingerprint density at radius 3 is 3.21 bits per heavy atom. The molecule has 3 N–H and O–H groups in total. The van der Waals surface area contributed by atoms with Gasteiger partial charge in [-0.1, -0.05) is 0 Å². The SMILES string of the molecule is OC1CNCC1CNCc1cscn1. The summed E-state index contributed by atoms with van der Waals surface area (Å²) < 4.78 is 0. The van der Waals surface area contributed by atoms with Gasteiger partial charge in [-0.2, -0.15) is 0 Å². The summed E-state index contributed by atoms with van der Waals surface area (Å²) in [4.78, 5) is 4.18. The van der Waals surface area contributed by atoms with Gasteiger partial charge in [0, 0.05) is 37.5 Å². The van der Waals surface area contributed by atoms with Gasteiger partial charge in [-0.05, 0) is 0 Å². The van der Waals surface area contributed by atoms with E-state index in [-0.39, 0.29) is 6.10 Å². The van der Waals surface area contributed by atoms with E-state index in [1.165, 1.54) is 0 Å². The maximum atomic E-state index is 9.53. The van der Waals surface area contributed by atoms with Gasteiger partial charge in [0.1, 0.15) is 0 Å². The molecule has 0 amide bonds. The molecule has 1 aliphatic rings. The summed E-state index contributed by atoms with van der Waals surface area (Å²) in [5.74, 6) is 0.341. The second kappa shape index (κ2) is 4.84. The first-order chi connectivity index (χ1) is 6.86. The number of rotatable bonds is 4. The van der Waals surface area contributed by atoms with E-state index in [1.54, 1.807) is 11.3 Å². The lowest BCUT2D eigenvalue weighted by atomic mass is 10.1. The summed E-state index contributed by atoms with van der Waals surface area (Å²) >= 11 is 1.61. The monoisotopic (exact) mass is 213 g/mol. The first-order valence-electron chi connectivity index (χ1n) is 4.83. The normalized spacial score (nSPS) is 26.9. The standard InChI is InChI=1S/C9H15N3OS/c13-9-4-11-2-7(9)1-10-3-8-5-14-6-12-8/h5-7,9-11,13H,1-4H2. The Bertz CT molecular complexity index is 265. The zero-order valence-corrected chi connectivity index (χ0v) is 8.76. The van der Waals surface area contributed by atoms with E-state index < -0.39 is 0 Å². The Labute approximate surface area is 87.4 Å². The summed E-state index contributed by atoms with van der Waals surface area (Å²) in [5.41, 5.74) is 2.92. The molecule has 0 aromatic carbocycles. The predicted molar refractivity (Wildman–Crippen MR) is 56.2 cm³/mol. The van der Waals surface area contributed by atoms with Crippen LogP contribution < -0.4 is 10.6 Å². The van der Waals surface area contributed by atoms with Crippen LogP contribution in [0.2, 0.25) is 0 Å². The number of aliphatic hydroxyl groups excluding tert-OH is 1. The average molecular weight is 213 g/mol. The summed E-state index contributed by atoms with van der Waals surface area (Å²) in [6, 6.07) is 0. The lowest BCUT2D eigenvalue weighted by Gasteiger charge is -2.13. The van der Waals surface area contributed by atoms with Crippen molar-refractivity contribution in [2.45, 2.75) is 12.6 Å². The van der Waals surface area contributed by atoms with Gasteiger partial charge in [0.2, 0.25) is 0 Å². The van der Waals surface area contributed by atoms with Gasteiger partial charge in [0.05, 0.1) is 17.3 Å². The minimum atomic E-state index is -0.196. The minimum Gasteiger partial charge on any atom is -0.391 e. The van der Waals surface area contributed by atoms with Crippen LogP contribution >= 0.6 is 11.3 Å². The number of nitrogens with one attached hydrogen (secondary N) is 2. The summed E-state index contributed by atoms with van der Waals surface area (Å²) in [6.07, 6.45) is -0.196. The van der Waals surface area contributed by atoms with Crippen LogP contribution in [-0.4, -0.2) is 35.8 Å². The highest BCUT2D eigenvalue weighted by molar-refractivity contribution is 7.07. The van der Waals surface area contributed by atoms with Gasteiger partial charge in [-0.3, -0.25) is 0 Å². The molecule has 4 nitrogen and oxygen atoms in total. The Morgan fingerprint density at radius 2 is 2.57 bits per heavy atom. The van der Waals surface area contributed by atoms with Crippen molar-refractivity contribution in [1.82, 2.24) is 15.6 Å². The van der Waals surface area contributed by atoms with E-state index >= 15 is 0 Å². The Kier molecular flexibility index (Phi) is 3.47. The maximum Gasteiger partial charge on any atom is 0.0795 e. The number of aromatic nitrogens is 1. The van der Waals surface area contributed by atoms with Crippen LogP contribution in [0, 0.1) is 5.92 Å². The largest absolute Gasteiger partial charge is 0.391 e. The Balaban J connectivity index is 1.68. The quantitative estimate of drug-likeness (QED) is 0.649. The van der Waals surface area contributed by atoms with Gasteiger partial charge < -0.3 is 15.7 Å². The van der Waals surface area contributed by atoms with Crippen LogP contribution in [0.25, 0.3) is 0 Å². The second-order valence-corrected chi connectivity index (χ2v) is 4.32. The molecule has 2 atom stereocenters. The van der Waals surface area contributed by atoms with Crippen LogP contribution in [0.5, 0.6) is 0 Å². The van der Waals surface area contributed by atoms with Gasteiger partial charge in [-0.15, -0.1) is 11.3 Å². The molecular weight excluding hydrogens is 198 g/mol. The molecule has 0 radical (unpaired) electrons. The van der Waals surface area contributed by atoms with Crippen molar-refractivity contribution < 1.29 is 5.11 Å². The van der Waals surface area contributed by atoms with E-state index in [0.717, 1.165) is 31.9 Å². The first-order valence-corrected chi connectivity index (χ1v) is 5.77. The fourth-order valence-electron chi connectivity index (χ4n) is 1.64. The number of thiazole rings is 1. The predicted octanol–water partition coefficient (Wildman–Crippen LogP) is -0.187. The van der Waals surface area contributed by atoms with Crippen LogP contribution in [-0.2, 0) is 6.54 Å². The molecule has 0 bridgehead atoms. The molecule has 1 aromatic heterocycles. The number of aliphatic hydroxyl groups is 1. The van der Waals surface area contributed by atoms with Crippen molar-refractivity contribution in [3.63, 3.8) is 0 Å². The van der Waals surface area contributed by atoms with Crippen molar-refractivity contribution in [3.05, 3.63) is 16.6 Å². The van der Waals surface area contributed by atoms with E-state index in [2.05, 4.69) is 15.6 Å². The molecule has 14 heavy (non-hydrogen) atoms. The molecule has 0 spiro atoms. The molecule has 1 aromatic rings. The highest BCUT2D eigenvalue weighted by Gasteiger charge is 2.23. The molecule has 2 rings (SSSR count). The molecule has 1 fully saturated rings. The zero-order chi connectivity index (χ0) is 9.80. The van der Waals surface area contributed by atoms with E-state index in [9.17, 15) is 5.11 Å². The minimum absolute atomic E-state index is 0.196. The van der Waals surface area contributed by atoms with Crippen molar-refractivity contribution in [2.75, 3.05) is 19.6 Å². The van der Waals surface area contributed by atoms with E-state index in [0.29, 0.717) is 5.92 Å². The third-order valence-corrected chi connectivity index (χ3v) is 3.14. The number of β-amino-alcohol motifs (C(OH)–C–C–N with tert-alkyl or cyclic N) is 1. The molecule has 5 heteroatoms. The van der Waals surface area contributed by atoms with Crippen molar-refractivity contribution in [1.29, 1.82) is 0 Å². The third-order valence-electron chi connectivity index (χ3n) is 2.50. The van der Waals surface area contributed by atoms with Crippen LogP contribution in [0.3, 0.4) is 0 Å². The zero-order valence-electron chi connectivity index (χ0n) is 7.94. The van der Waals surface area contributed by atoms with Crippen molar-refractivity contribution in [2.24, 2.45) is 5.92 Å². The van der Waals surface area contributed by atoms with Gasteiger partial charge in [0.25, 0.3) is 0 Å². The summed E-state index contributed by atoms with van der Waals surface area (Å²) in [5, 5.41) is 18.0. The molecule has 2 unspecified atom stereocenters. The Morgan fingerprint density at radius 1 is 1.64 bits per heavy atom. The highest BCUT2D eigenvalue weighted by atomic mass is 32.1. The summed E-state index contributed by atoms with van der Waals surface area (Å²) in [7, 11) is 0. The van der Waals surface area contributed by atoms with Crippen LogP contribution in [0.15, 0.2) is 10.9 Å². The lowest BCUT2D eigenvalue weighted by molar-refractivity contribution is 0.146. The number of nitrogens with zero attached hydrogens (tertiary/aromatic N) is 1. The molecule has 0 saturated carbocycles. The molecule has 78 valence electrons. The smallest absolute Gasteiger partial charge is 0.0795 e. The lowest BCUT2D eigenvalue weighted by Crippen LogP contribution is -2.30. The van der Waals surface area contributed by atoms with E-state index in [1.807, 2.05) is 10.9 Å². The third kappa shape index (κ3) is 2.51. The fourth-order valence-corrected chi connectivity index (χ4v) is 2.20. The topological polar surface area (TPSA) is 57.2 Å². The molecule has 0 aliphatic carbocycles. The molecule has 2 heterocycles. The maximum absolute atomic E-state index is 9.53. The van der Waals surface area contributed by atoms with E-state index in [4.69, 9.17) is 0 Å². The fraction of sp³-hybridized carbons (Fsp3) is 0.667. The molecule has 1 aliphatic heterocycles. The van der Waals surface area contributed by atoms with Crippen LogP contribution in [0.4, 0.5) is 0 Å². The molecular formula is C9H15N3OS. The van der Waals surface area contributed by atoms with Gasteiger partial charge in [-0.25, -0.2) is 4.98 Å². The van der Waals surface area contributed by atoms with Crippen molar-refractivity contribution >= 4 is 11.3 Å². The molecule has 1 saturated heterocycles. The average Bonchev–Trinajstić information content (AvgIpc) is 2.78.